The number of benzene rings is 1. The summed E-state index contributed by atoms with van der Waals surface area (Å²) in [5.74, 6) is -0.857. The molecule has 0 aromatic heterocycles. The Bertz CT molecular complexity index is 628. The minimum atomic E-state index is -3.84. The van der Waals surface area contributed by atoms with Crippen LogP contribution in [0.5, 0.6) is 0 Å². The van der Waals surface area contributed by atoms with Crippen LogP contribution in [0.3, 0.4) is 0 Å². The predicted octanol–water partition coefficient (Wildman–Crippen LogP) is 0.699. The second-order valence-electron chi connectivity index (χ2n) is 4.92. The van der Waals surface area contributed by atoms with Crippen LogP contribution in [0.1, 0.15) is 19.3 Å². The van der Waals surface area contributed by atoms with Crippen LogP contribution >= 0.6 is 0 Å². The van der Waals surface area contributed by atoms with Gasteiger partial charge in [-0.25, -0.2) is 17.5 Å². The molecule has 0 atom stereocenters. The van der Waals surface area contributed by atoms with Gasteiger partial charge in [-0.1, -0.05) is 0 Å². The number of halogens is 1. The molecule has 0 radical (unpaired) electrons. The third-order valence-corrected chi connectivity index (χ3v) is 4.83. The molecule has 1 saturated heterocycles. The van der Waals surface area contributed by atoms with E-state index < -0.39 is 15.8 Å². The molecule has 1 heterocycles. The minimum absolute atomic E-state index is 0.0103. The number of amides is 1. The fraction of sp³-hybridized carbons (Fsp3) is 0.462. The summed E-state index contributed by atoms with van der Waals surface area (Å²) in [6, 6.07) is 3.28. The average molecular weight is 315 g/mol. The van der Waals surface area contributed by atoms with Gasteiger partial charge in [0.05, 0.1) is 10.6 Å². The third-order valence-electron chi connectivity index (χ3n) is 3.37. The van der Waals surface area contributed by atoms with Gasteiger partial charge in [0.1, 0.15) is 5.82 Å². The van der Waals surface area contributed by atoms with Crippen LogP contribution in [0.25, 0.3) is 0 Å². The quantitative estimate of drug-likeness (QED) is 0.782. The Labute approximate surface area is 123 Å². The molecule has 0 spiro atoms. The van der Waals surface area contributed by atoms with Gasteiger partial charge in [0, 0.05) is 26.1 Å². The summed E-state index contributed by atoms with van der Waals surface area (Å²) in [4.78, 5) is 13.3. The van der Waals surface area contributed by atoms with E-state index in [9.17, 15) is 17.6 Å². The third kappa shape index (κ3) is 3.92. The lowest BCUT2D eigenvalue weighted by molar-refractivity contribution is -0.129. The average Bonchev–Trinajstić information content (AvgIpc) is 2.95. The highest BCUT2D eigenvalue weighted by atomic mass is 32.2. The summed E-state index contributed by atoms with van der Waals surface area (Å²) < 4.78 is 39.5. The molecule has 0 saturated carbocycles. The summed E-state index contributed by atoms with van der Waals surface area (Å²) in [6.45, 7) is 1.45. The number of carbonyl (C=O) groups excluding carboxylic acids is 1. The molecule has 1 fully saturated rings. The van der Waals surface area contributed by atoms with E-state index >= 15 is 0 Å². The Hall–Kier alpha value is -1.67. The van der Waals surface area contributed by atoms with Crippen molar-refractivity contribution < 1.29 is 17.6 Å². The maximum Gasteiger partial charge on any atom is 0.240 e. The molecular weight excluding hydrogens is 297 g/mol. The lowest BCUT2D eigenvalue weighted by Gasteiger charge is -2.15. The van der Waals surface area contributed by atoms with Crippen LogP contribution in [0, 0.1) is 5.82 Å². The number of hydrogen-bond donors (Lipinski definition) is 2. The zero-order valence-electron chi connectivity index (χ0n) is 11.5. The Morgan fingerprint density at radius 2 is 2.00 bits per heavy atom. The molecule has 0 bridgehead atoms. The summed E-state index contributed by atoms with van der Waals surface area (Å²) in [7, 11) is -3.84. The number of likely N-dealkylation sites (tertiary alicyclic amines) is 1. The van der Waals surface area contributed by atoms with Gasteiger partial charge < -0.3 is 10.6 Å². The van der Waals surface area contributed by atoms with Gasteiger partial charge in [0.25, 0.3) is 0 Å². The molecule has 1 aliphatic rings. The first-order valence-corrected chi connectivity index (χ1v) is 8.21. The monoisotopic (exact) mass is 315 g/mol. The highest BCUT2D eigenvalue weighted by Crippen LogP contribution is 2.16. The number of nitrogens with two attached hydrogens (primary N) is 1. The van der Waals surface area contributed by atoms with E-state index in [1.807, 2.05) is 0 Å². The number of carbonyl (C=O) groups is 1. The van der Waals surface area contributed by atoms with E-state index in [0.717, 1.165) is 32.0 Å². The molecule has 0 aliphatic carbocycles. The zero-order valence-corrected chi connectivity index (χ0v) is 12.3. The molecule has 2 rings (SSSR count). The highest BCUT2D eigenvalue weighted by molar-refractivity contribution is 7.89. The van der Waals surface area contributed by atoms with Gasteiger partial charge in [0.2, 0.25) is 15.9 Å². The maximum absolute atomic E-state index is 13.3. The molecule has 0 unspecified atom stereocenters. The topological polar surface area (TPSA) is 92.5 Å². The second-order valence-corrected chi connectivity index (χ2v) is 6.69. The van der Waals surface area contributed by atoms with Crippen LogP contribution in [0.2, 0.25) is 0 Å². The molecule has 1 amide bonds. The first-order valence-electron chi connectivity index (χ1n) is 6.72. The number of hydrogen-bond acceptors (Lipinski definition) is 4. The van der Waals surface area contributed by atoms with Gasteiger partial charge in [-0.15, -0.1) is 0 Å². The van der Waals surface area contributed by atoms with Crippen LogP contribution < -0.4 is 10.5 Å². The van der Waals surface area contributed by atoms with E-state index in [0.29, 0.717) is 0 Å². The Morgan fingerprint density at radius 1 is 1.33 bits per heavy atom. The first kappa shape index (κ1) is 15.7. The molecule has 1 aliphatic heterocycles. The number of sulfonamides is 1. The maximum atomic E-state index is 13.3. The molecule has 6 nitrogen and oxygen atoms in total. The van der Waals surface area contributed by atoms with E-state index in [-0.39, 0.29) is 29.5 Å². The van der Waals surface area contributed by atoms with Gasteiger partial charge in [-0.05, 0) is 31.0 Å². The molecular formula is C13H18FN3O3S. The smallest absolute Gasteiger partial charge is 0.240 e. The molecule has 8 heteroatoms. The highest BCUT2D eigenvalue weighted by Gasteiger charge is 2.19. The first-order chi connectivity index (χ1) is 9.90. The predicted molar refractivity (Wildman–Crippen MR) is 76.4 cm³/mol. The van der Waals surface area contributed by atoms with Crippen molar-refractivity contribution >= 4 is 21.6 Å². The fourth-order valence-corrected chi connectivity index (χ4v) is 3.22. The second kappa shape index (κ2) is 6.40. The van der Waals surface area contributed by atoms with Crippen LogP contribution in [0.4, 0.5) is 10.1 Å². The number of rotatable bonds is 5. The van der Waals surface area contributed by atoms with Gasteiger partial charge in [-0.2, -0.15) is 0 Å². The number of anilines is 1. The van der Waals surface area contributed by atoms with E-state index in [1.165, 1.54) is 12.1 Å². The van der Waals surface area contributed by atoms with Crippen molar-refractivity contribution in [1.82, 2.24) is 9.62 Å². The number of nitrogens with zero attached hydrogens (tertiary/aromatic N) is 1. The summed E-state index contributed by atoms with van der Waals surface area (Å²) >= 11 is 0. The molecule has 1 aromatic rings. The minimum Gasteiger partial charge on any atom is -0.396 e. The normalized spacial score (nSPS) is 15.4. The van der Waals surface area contributed by atoms with Crippen molar-refractivity contribution in [2.45, 2.75) is 24.2 Å². The van der Waals surface area contributed by atoms with Crippen LogP contribution in [-0.4, -0.2) is 38.9 Å². The van der Waals surface area contributed by atoms with Crippen molar-refractivity contribution in [1.29, 1.82) is 0 Å². The van der Waals surface area contributed by atoms with Gasteiger partial charge in [-0.3, -0.25) is 4.79 Å². The summed E-state index contributed by atoms with van der Waals surface area (Å²) in [5, 5.41) is 0. The Balaban J connectivity index is 1.91. The van der Waals surface area contributed by atoms with Crippen molar-refractivity contribution in [3.05, 3.63) is 24.0 Å². The van der Waals surface area contributed by atoms with Crippen molar-refractivity contribution in [2.75, 3.05) is 25.4 Å². The SMILES string of the molecule is Nc1ccc(S(=O)(=O)NCCC(=O)N2CCCC2)cc1F. The lowest BCUT2D eigenvalue weighted by atomic mass is 10.3. The molecule has 21 heavy (non-hydrogen) atoms. The molecule has 3 N–H and O–H groups in total. The lowest BCUT2D eigenvalue weighted by Crippen LogP contribution is -2.32. The van der Waals surface area contributed by atoms with E-state index in [1.54, 1.807) is 4.90 Å². The Kier molecular flexibility index (Phi) is 4.79. The summed E-state index contributed by atoms with van der Waals surface area (Å²) in [6.07, 6.45) is 2.07. The van der Waals surface area contributed by atoms with Crippen molar-refractivity contribution in [2.24, 2.45) is 0 Å². The van der Waals surface area contributed by atoms with Gasteiger partial charge >= 0.3 is 0 Å². The number of nitrogens with one attached hydrogen (secondary N) is 1. The molecule has 116 valence electrons. The largest absolute Gasteiger partial charge is 0.396 e. The zero-order chi connectivity index (χ0) is 15.5. The van der Waals surface area contributed by atoms with Crippen molar-refractivity contribution in [3.63, 3.8) is 0 Å². The molecule has 1 aromatic carbocycles. The van der Waals surface area contributed by atoms with E-state index in [2.05, 4.69) is 4.72 Å². The fourth-order valence-electron chi connectivity index (χ4n) is 2.18. The number of nitrogen functional groups attached to an aromatic ring is 1. The van der Waals surface area contributed by atoms with Crippen LogP contribution in [0.15, 0.2) is 23.1 Å². The van der Waals surface area contributed by atoms with Crippen molar-refractivity contribution in [3.8, 4) is 0 Å². The van der Waals surface area contributed by atoms with Crippen LogP contribution in [-0.2, 0) is 14.8 Å². The standard InChI is InChI=1S/C13H18FN3O3S/c14-11-9-10(3-4-12(11)15)21(19,20)16-6-5-13(18)17-7-1-2-8-17/h3-4,9,16H,1-2,5-8,15H2. The Morgan fingerprint density at radius 3 is 2.62 bits per heavy atom. The van der Waals surface area contributed by atoms with Gasteiger partial charge in [0.15, 0.2) is 0 Å². The summed E-state index contributed by atoms with van der Waals surface area (Å²) in [5.41, 5.74) is 5.19. The van der Waals surface area contributed by atoms with E-state index in [4.69, 9.17) is 5.73 Å².